The quantitative estimate of drug-likeness (QED) is 0.245. The number of fused-ring (bicyclic) bond motifs is 3. The monoisotopic (exact) mass is 566 g/mol. The summed E-state index contributed by atoms with van der Waals surface area (Å²) in [5, 5.41) is 20.7. The average Bonchev–Trinajstić information content (AvgIpc) is 3.09. The number of rotatable bonds is 4. The normalized spacial score (nSPS) is 13.3. The smallest absolute Gasteiger partial charge is 0.160 e. The third-order valence-electron chi connectivity index (χ3n) is 6.29. The highest BCUT2D eigenvalue weighted by Gasteiger charge is 2.47. The summed E-state index contributed by atoms with van der Waals surface area (Å²) in [6.45, 7) is 0. The van der Waals surface area contributed by atoms with Crippen LogP contribution in [0.3, 0.4) is 0 Å². The average molecular weight is 568 g/mol. The molecule has 2 N–H and O–H groups in total. The number of methoxy groups -OCH3 is 2. The molecule has 33 heavy (non-hydrogen) atoms. The lowest BCUT2D eigenvalue weighted by molar-refractivity contribution is 0.371. The van der Waals surface area contributed by atoms with Gasteiger partial charge in [-0.25, -0.2) is 0 Å². The molecule has 4 aromatic rings. The van der Waals surface area contributed by atoms with Gasteiger partial charge in [0.25, 0.3) is 0 Å². The number of phenolic OH excluding ortho intramolecular Hbond substituents is 2. The van der Waals surface area contributed by atoms with Crippen LogP contribution in [-0.2, 0) is 5.41 Å². The number of hydrogen-bond acceptors (Lipinski definition) is 4. The Labute approximate surface area is 208 Å². The maximum Gasteiger partial charge on any atom is 0.160 e. The lowest BCUT2D eigenvalue weighted by Crippen LogP contribution is -2.28. The molecule has 0 saturated heterocycles. The molecule has 1 aliphatic carbocycles. The van der Waals surface area contributed by atoms with Crippen LogP contribution in [0.1, 0.15) is 22.3 Å². The van der Waals surface area contributed by atoms with Gasteiger partial charge in [0.15, 0.2) is 23.0 Å². The molecule has 6 heteroatoms. The van der Waals surface area contributed by atoms with E-state index in [-0.39, 0.29) is 11.5 Å². The lowest BCUT2D eigenvalue weighted by atomic mass is 9.67. The van der Waals surface area contributed by atoms with Gasteiger partial charge in [0.2, 0.25) is 0 Å². The minimum absolute atomic E-state index is 0.0709. The van der Waals surface area contributed by atoms with Crippen molar-refractivity contribution in [1.82, 2.24) is 0 Å². The van der Waals surface area contributed by atoms with E-state index >= 15 is 0 Å². The predicted octanol–water partition coefficient (Wildman–Crippen LogP) is 7.00. The number of hydrogen-bond donors (Lipinski definition) is 2. The van der Waals surface area contributed by atoms with E-state index in [1.165, 1.54) is 0 Å². The van der Waals surface area contributed by atoms with Gasteiger partial charge in [-0.15, -0.1) is 0 Å². The van der Waals surface area contributed by atoms with Gasteiger partial charge in [-0.2, -0.15) is 0 Å². The van der Waals surface area contributed by atoms with Gasteiger partial charge in [0.1, 0.15) is 0 Å². The SMILES string of the molecule is COc1cc(C2(c3ccc(O)c(OC)c3)c3cc(Br)ccc3-c3ccc(Br)cc32)ccc1O. The summed E-state index contributed by atoms with van der Waals surface area (Å²) in [6.07, 6.45) is 0. The van der Waals surface area contributed by atoms with Gasteiger partial charge < -0.3 is 19.7 Å². The Morgan fingerprint density at radius 2 is 1.03 bits per heavy atom. The van der Waals surface area contributed by atoms with Crippen molar-refractivity contribution in [3.05, 3.63) is 104 Å². The highest BCUT2D eigenvalue weighted by Crippen LogP contribution is 2.58. The van der Waals surface area contributed by atoms with Crippen molar-refractivity contribution in [3.8, 4) is 34.1 Å². The summed E-state index contributed by atoms with van der Waals surface area (Å²) in [5.74, 6) is 0.915. The predicted molar refractivity (Wildman–Crippen MR) is 136 cm³/mol. The van der Waals surface area contributed by atoms with Gasteiger partial charge in [-0.05, 0) is 81.9 Å². The molecule has 0 amide bonds. The van der Waals surface area contributed by atoms with Crippen molar-refractivity contribution in [2.75, 3.05) is 14.2 Å². The fourth-order valence-corrected chi connectivity index (χ4v) is 5.60. The molecule has 0 radical (unpaired) electrons. The van der Waals surface area contributed by atoms with Crippen LogP contribution in [0.4, 0.5) is 0 Å². The summed E-state index contributed by atoms with van der Waals surface area (Å²) in [5.41, 5.74) is 5.46. The molecule has 0 aliphatic heterocycles. The summed E-state index contributed by atoms with van der Waals surface area (Å²) in [4.78, 5) is 0. The summed E-state index contributed by atoms with van der Waals surface area (Å²) < 4.78 is 12.9. The zero-order valence-corrected chi connectivity index (χ0v) is 21.1. The maximum atomic E-state index is 10.3. The van der Waals surface area contributed by atoms with E-state index in [0.29, 0.717) is 11.5 Å². The Kier molecular flexibility index (Phi) is 5.38. The van der Waals surface area contributed by atoms with E-state index in [9.17, 15) is 10.2 Å². The van der Waals surface area contributed by atoms with Crippen LogP contribution in [0.2, 0.25) is 0 Å². The molecular weight excluding hydrogens is 548 g/mol. The minimum atomic E-state index is -0.750. The zero-order chi connectivity index (χ0) is 23.3. The van der Waals surface area contributed by atoms with Crippen molar-refractivity contribution >= 4 is 31.9 Å². The molecule has 4 nitrogen and oxygen atoms in total. The number of benzene rings is 4. The van der Waals surface area contributed by atoms with E-state index < -0.39 is 5.41 Å². The summed E-state index contributed by atoms with van der Waals surface area (Å²) in [7, 11) is 3.08. The first kappa shape index (κ1) is 21.9. The Bertz CT molecular complexity index is 1290. The van der Waals surface area contributed by atoms with E-state index in [1.807, 2.05) is 36.4 Å². The van der Waals surface area contributed by atoms with Crippen LogP contribution >= 0.6 is 31.9 Å². The first-order valence-corrected chi connectivity index (χ1v) is 11.8. The van der Waals surface area contributed by atoms with Crippen molar-refractivity contribution < 1.29 is 19.7 Å². The third kappa shape index (κ3) is 3.23. The second kappa shape index (κ2) is 8.12. The molecule has 166 valence electrons. The highest BCUT2D eigenvalue weighted by atomic mass is 79.9. The van der Waals surface area contributed by atoms with Crippen LogP contribution in [0.25, 0.3) is 11.1 Å². The molecule has 0 aromatic heterocycles. The maximum absolute atomic E-state index is 10.3. The number of aromatic hydroxyl groups is 2. The summed E-state index contributed by atoms with van der Waals surface area (Å²) >= 11 is 7.32. The first-order chi connectivity index (χ1) is 15.9. The van der Waals surface area contributed by atoms with E-state index in [1.54, 1.807) is 26.4 Å². The molecule has 0 fully saturated rings. The fourth-order valence-electron chi connectivity index (χ4n) is 4.88. The first-order valence-electron chi connectivity index (χ1n) is 10.3. The zero-order valence-electron chi connectivity index (χ0n) is 17.9. The highest BCUT2D eigenvalue weighted by molar-refractivity contribution is 9.10. The largest absolute Gasteiger partial charge is 0.504 e. The molecule has 0 saturated carbocycles. The lowest BCUT2D eigenvalue weighted by Gasteiger charge is -2.34. The van der Waals surface area contributed by atoms with Gasteiger partial charge in [0.05, 0.1) is 19.6 Å². The standard InChI is InChI=1S/C27H20Br2O4/c1-32-25-11-15(3-9-23(25)30)27(16-4-10-24(31)26(12-16)33-2)21-13-17(28)5-7-19(21)20-8-6-18(29)14-22(20)27/h3-14,30-31H,1-2H3. The minimum Gasteiger partial charge on any atom is -0.504 e. The van der Waals surface area contributed by atoms with Crippen LogP contribution in [0.5, 0.6) is 23.0 Å². The molecule has 0 bridgehead atoms. The van der Waals surface area contributed by atoms with Crippen molar-refractivity contribution in [1.29, 1.82) is 0 Å². The van der Waals surface area contributed by atoms with E-state index in [0.717, 1.165) is 42.3 Å². The Morgan fingerprint density at radius 1 is 0.606 bits per heavy atom. The van der Waals surface area contributed by atoms with Gasteiger partial charge in [-0.1, -0.05) is 56.1 Å². The second-order valence-electron chi connectivity index (χ2n) is 7.90. The number of ether oxygens (including phenoxy) is 2. The Morgan fingerprint density at radius 3 is 1.42 bits per heavy atom. The second-order valence-corrected chi connectivity index (χ2v) is 9.73. The number of phenols is 2. The van der Waals surface area contributed by atoms with Crippen molar-refractivity contribution in [2.24, 2.45) is 0 Å². The van der Waals surface area contributed by atoms with Crippen LogP contribution in [0, 0.1) is 0 Å². The number of halogens is 2. The molecule has 0 unspecified atom stereocenters. The molecule has 0 atom stereocenters. The molecule has 1 aliphatic rings. The van der Waals surface area contributed by atoms with E-state index in [2.05, 4.69) is 56.1 Å². The Balaban J connectivity index is 1.98. The topological polar surface area (TPSA) is 58.9 Å². The van der Waals surface area contributed by atoms with Gasteiger partial charge in [-0.3, -0.25) is 0 Å². The molecular formula is C27H20Br2O4. The molecule has 4 aromatic carbocycles. The van der Waals surface area contributed by atoms with Crippen LogP contribution in [-0.4, -0.2) is 24.4 Å². The Hall–Kier alpha value is -2.96. The van der Waals surface area contributed by atoms with Crippen LogP contribution < -0.4 is 9.47 Å². The van der Waals surface area contributed by atoms with E-state index in [4.69, 9.17) is 9.47 Å². The van der Waals surface area contributed by atoms with Gasteiger partial charge >= 0.3 is 0 Å². The molecule has 0 spiro atoms. The van der Waals surface area contributed by atoms with Crippen LogP contribution in [0.15, 0.2) is 81.7 Å². The molecule has 0 heterocycles. The third-order valence-corrected chi connectivity index (χ3v) is 7.27. The fraction of sp³-hybridized carbons (Fsp3) is 0.111. The van der Waals surface area contributed by atoms with Crippen molar-refractivity contribution in [3.63, 3.8) is 0 Å². The van der Waals surface area contributed by atoms with Crippen molar-refractivity contribution in [2.45, 2.75) is 5.41 Å². The summed E-state index contributed by atoms with van der Waals surface area (Å²) in [6, 6.07) is 23.4. The molecule has 5 rings (SSSR count). The van der Waals surface area contributed by atoms with Gasteiger partial charge in [0, 0.05) is 8.95 Å².